The molecular weight excluding hydrogens is 404 g/mol. The third-order valence-electron chi connectivity index (χ3n) is 4.51. The van der Waals surface area contributed by atoms with Crippen molar-refractivity contribution in [1.29, 1.82) is 0 Å². The van der Waals surface area contributed by atoms with Gasteiger partial charge in [0.05, 0.1) is 35.1 Å². The molecule has 0 bridgehead atoms. The number of ether oxygens (including phenoxy) is 2. The fraction of sp³-hybridized carbons (Fsp3) is 0.273. The second-order valence-corrected chi connectivity index (χ2v) is 7.39. The van der Waals surface area contributed by atoms with Crippen LogP contribution >= 0.6 is 11.3 Å². The molecule has 1 heterocycles. The first-order chi connectivity index (χ1) is 14.5. The van der Waals surface area contributed by atoms with Crippen molar-refractivity contribution in [2.45, 2.75) is 26.8 Å². The Labute approximate surface area is 177 Å². The van der Waals surface area contributed by atoms with Gasteiger partial charge in [-0.05, 0) is 43.2 Å². The van der Waals surface area contributed by atoms with Crippen molar-refractivity contribution in [2.24, 2.45) is 4.99 Å². The number of methoxy groups -OCH3 is 1. The van der Waals surface area contributed by atoms with Crippen LogP contribution in [0.2, 0.25) is 0 Å². The second-order valence-electron chi connectivity index (χ2n) is 6.39. The number of hydrogen-bond donors (Lipinski definition) is 0. The predicted octanol–water partition coefficient (Wildman–Crippen LogP) is 3.36. The highest BCUT2D eigenvalue weighted by atomic mass is 32.1. The maximum atomic E-state index is 12.9. The molecule has 1 aromatic heterocycles. The number of benzene rings is 2. The molecule has 156 valence electrons. The average Bonchev–Trinajstić information content (AvgIpc) is 3.09. The highest BCUT2D eigenvalue weighted by molar-refractivity contribution is 7.16. The van der Waals surface area contributed by atoms with Crippen LogP contribution in [0.5, 0.6) is 0 Å². The van der Waals surface area contributed by atoms with E-state index in [1.807, 2.05) is 18.2 Å². The first-order valence-electron chi connectivity index (χ1n) is 9.52. The van der Waals surface area contributed by atoms with E-state index in [1.54, 1.807) is 23.6 Å². The number of rotatable bonds is 6. The Morgan fingerprint density at radius 2 is 1.80 bits per heavy atom. The number of fused-ring (bicyclic) bond motifs is 1. The Morgan fingerprint density at radius 1 is 1.07 bits per heavy atom. The maximum Gasteiger partial charge on any atom is 0.338 e. The summed E-state index contributed by atoms with van der Waals surface area (Å²) in [6.07, 6.45) is 0.865. The number of nitrogens with zero attached hydrogens (tertiary/aromatic N) is 2. The number of aromatic nitrogens is 1. The lowest BCUT2D eigenvalue weighted by Crippen LogP contribution is -2.23. The minimum atomic E-state index is -0.613. The molecule has 0 aliphatic rings. The molecule has 30 heavy (non-hydrogen) atoms. The van der Waals surface area contributed by atoms with E-state index in [4.69, 9.17) is 9.47 Å². The van der Waals surface area contributed by atoms with Crippen LogP contribution in [0.15, 0.2) is 47.5 Å². The molecule has 0 aliphatic heterocycles. The summed E-state index contributed by atoms with van der Waals surface area (Å²) in [5.74, 6) is -1.62. The summed E-state index contributed by atoms with van der Waals surface area (Å²) in [6, 6.07) is 12.3. The Kier molecular flexibility index (Phi) is 6.79. The van der Waals surface area contributed by atoms with Crippen molar-refractivity contribution >= 4 is 39.4 Å². The van der Waals surface area contributed by atoms with Crippen molar-refractivity contribution in [3.63, 3.8) is 0 Å². The molecule has 0 spiro atoms. The van der Waals surface area contributed by atoms with Gasteiger partial charge in [-0.2, -0.15) is 4.99 Å². The van der Waals surface area contributed by atoms with Gasteiger partial charge in [0.15, 0.2) is 4.80 Å². The Hall–Kier alpha value is -3.26. The summed E-state index contributed by atoms with van der Waals surface area (Å²) in [4.78, 5) is 41.7. The van der Waals surface area contributed by atoms with Gasteiger partial charge in [0.2, 0.25) is 0 Å². The molecule has 3 rings (SSSR count). The van der Waals surface area contributed by atoms with E-state index < -0.39 is 17.8 Å². The summed E-state index contributed by atoms with van der Waals surface area (Å²) in [5.41, 5.74) is 2.21. The molecule has 7 nitrogen and oxygen atoms in total. The molecule has 0 radical (unpaired) electrons. The fourth-order valence-corrected chi connectivity index (χ4v) is 4.11. The largest absolute Gasteiger partial charge is 0.465 e. The summed E-state index contributed by atoms with van der Waals surface area (Å²) in [7, 11) is 1.26. The van der Waals surface area contributed by atoms with Gasteiger partial charge in [-0.25, -0.2) is 4.79 Å². The monoisotopic (exact) mass is 426 g/mol. The average molecular weight is 426 g/mol. The number of thiazole rings is 1. The van der Waals surface area contributed by atoms with Crippen molar-refractivity contribution in [3.05, 3.63) is 64.0 Å². The second kappa shape index (κ2) is 9.49. The minimum absolute atomic E-state index is 0.0654. The lowest BCUT2D eigenvalue weighted by atomic mass is 10.1. The van der Waals surface area contributed by atoms with Crippen molar-refractivity contribution < 1.29 is 23.9 Å². The highest BCUT2D eigenvalue weighted by Crippen LogP contribution is 2.20. The van der Waals surface area contributed by atoms with Crippen LogP contribution in [-0.4, -0.2) is 36.1 Å². The van der Waals surface area contributed by atoms with E-state index in [1.165, 1.54) is 30.6 Å². The first-order valence-corrected chi connectivity index (χ1v) is 10.3. The van der Waals surface area contributed by atoms with Crippen LogP contribution in [0.1, 0.15) is 40.1 Å². The number of carbonyl (C=O) groups excluding carboxylic acids is 3. The molecule has 0 aliphatic carbocycles. The van der Waals surface area contributed by atoms with Gasteiger partial charge in [0.1, 0.15) is 6.54 Å². The summed E-state index contributed by atoms with van der Waals surface area (Å²) >= 11 is 1.31. The predicted molar refractivity (Wildman–Crippen MR) is 114 cm³/mol. The molecular formula is C22H22N2O5S. The van der Waals surface area contributed by atoms with E-state index >= 15 is 0 Å². The number of carbonyl (C=O) groups is 3. The Morgan fingerprint density at radius 3 is 2.47 bits per heavy atom. The molecule has 0 N–H and O–H groups in total. The minimum Gasteiger partial charge on any atom is -0.465 e. The van der Waals surface area contributed by atoms with Crippen LogP contribution < -0.4 is 4.80 Å². The van der Waals surface area contributed by atoms with Crippen molar-refractivity contribution in [2.75, 3.05) is 13.7 Å². The van der Waals surface area contributed by atoms with Gasteiger partial charge in [-0.3, -0.25) is 9.59 Å². The van der Waals surface area contributed by atoms with Crippen LogP contribution in [0.4, 0.5) is 0 Å². The van der Waals surface area contributed by atoms with Crippen LogP contribution in [0.3, 0.4) is 0 Å². The fourth-order valence-electron chi connectivity index (χ4n) is 3.02. The molecule has 0 fully saturated rings. The Balaban J connectivity index is 2.14. The van der Waals surface area contributed by atoms with Gasteiger partial charge in [0.25, 0.3) is 5.91 Å². The van der Waals surface area contributed by atoms with E-state index in [9.17, 15) is 14.4 Å². The zero-order valence-electron chi connectivity index (χ0n) is 17.0. The summed E-state index contributed by atoms with van der Waals surface area (Å²) in [6.45, 7) is 3.99. The molecule has 0 saturated heterocycles. The van der Waals surface area contributed by atoms with Crippen LogP contribution in [0.25, 0.3) is 10.2 Å². The number of hydrogen-bond acceptors (Lipinski definition) is 6. The topological polar surface area (TPSA) is 87.0 Å². The SMILES string of the molecule is CCOC(=O)Cn1c(=NC(=O)c2ccccc2C(=O)OC)sc2cc(CC)ccc21. The zero-order valence-corrected chi connectivity index (χ0v) is 17.8. The van der Waals surface area contributed by atoms with Gasteiger partial charge in [-0.1, -0.05) is 36.5 Å². The quantitative estimate of drug-likeness (QED) is 0.564. The lowest BCUT2D eigenvalue weighted by Gasteiger charge is -2.06. The van der Waals surface area contributed by atoms with Gasteiger partial charge < -0.3 is 14.0 Å². The standard InChI is InChI=1S/C22H22N2O5S/c1-4-14-10-11-17-18(12-14)30-22(24(17)13-19(25)29-5-2)23-20(26)15-8-6-7-9-16(15)21(27)28-3/h6-12H,4-5,13H2,1-3H3. The molecule has 1 amide bonds. The smallest absolute Gasteiger partial charge is 0.338 e. The number of aryl methyl sites for hydroxylation is 1. The zero-order chi connectivity index (χ0) is 21.7. The van der Waals surface area contributed by atoms with Crippen LogP contribution in [0, 0.1) is 0 Å². The summed E-state index contributed by atoms with van der Waals surface area (Å²) in [5, 5.41) is 0. The molecule has 0 atom stereocenters. The molecule has 0 unspecified atom stereocenters. The lowest BCUT2D eigenvalue weighted by molar-refractivity contribution is -0.143. The first kappa shape index (κ1) is 21.4. The van der Waals surface area contributed by atoms with E-state index in [0.29, 0.717) is 4.80 Å². The summed E-state index contributed by atoms with van der Waals surface area (Å²) < 4.78 is 12.4. The normalized spacial score (nSPS) is 11.5. The third kappa shape index (κ3) is 4.49. The third-order valence-corrected chi connectivity index (χ3v) is 5.55. The van der Waals surface area contributed by atoms with E-state index in [2.05, 4.69) is 11.9 Å². The Bertz CT molecular complexity index is 1180. The van der Waals surface area contributed by atoms with Gasteiger partial charge >= 0.3 is 11.9 Å². The van der Waals surface area contributed by atoms with Gasteiger partial charge in [-0.15, -0.1) is 0 Å². The van der Waals surface area contributed by atoms with Crippen molar-refractivity contribution in [1.82, 2.24) is 4.57 Å². The molecule has 0 saturated carbocycles. The van der Waals surface area contributed by atoms with Gasteiger partial charge in [0, 0.05) is 0 Å². The molecule has 3 aromatic rings. The van der Waals surface area contributed by atoms with Crippen molar-refractivity contribution in [3.8, 4) is 0 Å². The number of esters is 2. The van der Waals surface area contributed by atoms with E-state index in [0.717, 1.165) is 22.2 Å². The molecule has 8 heteroatoms. The highest BCUT2D eigenvalue weighted by Gasteiger charge is 2.18. The van der Waals surface area contributed by atoms with E-state index in [-0.39, 0.29) is 24.3 Å². The number of amides is 1. The molecule has 2 aromatic carbocycles. The van der Waals surface area contributed by atoms with Crippen LogP contribution in [-0.2, 0) is 27.2 Å². The maximum absolute atomic E-state index is 12.9.